The van der Waals surface area contributed by atoms with Gasteiger partial charge in [0.2, 0.25) is 5.95 Å². The number of hydrogen-bond acceptors (Lipinski definition) is 3. The maximum absolute atomic E-state index is 4.40. The third-order valence-electron chi connectivity index (χ3n) is 2.63. The van der Waals surface area contributed by atoms with Crippen LogP contribution in [-0.2, 0) is 0 Å². The summed E-state index contributed by atoms with van der Waals surface area (Å²) in [6, 6.07) is 7.90. The lowest BCUT2D eigenvalue weighted by Gasteiger charge is -2.22. The number of hydrogen-bond donors (Lipinski definition) is 3. The van der Waals surface area contributed by atoms with E-state index in [9.17, 15) is 0 Å². The van der Waals surface area contributed by atoms with Crippen LogP contribution in [0, 0.1) is 5.41 Å². The first kappa shape index (κ1) is 11.5. The molecule has 4 heteroatoms. The summed E-state index contributed by atoms with van der Waals surface area (Å²) in [6.45, 7) is 10.3. The summed E-state index contributed by atoms with van der Waals surface area (Å²) in [5, 5.41) is 0. The number of aromatic nitrogens is 2. The van der Waals surface area contributed by atoms with Crippen LogP contribution in [0.2, 0.25) is 0 Å². The number of aromatic amines is 1. The van der Waals surface area contributed by atoms with E-state index in [4.69, 9.17) is 0 Å². The average Bonchev–Trinajstić information content (AvgIpc) is 2.66. The van der Waals surface area contributed by atoms with Gasteiger partial charge in [-0.3, -0.25) is 5.43 Å². The molecule has 90 valence electrons. The molecule has 3 N–H and O–H groups in total. The van der Waals surface area contributed by atoms with E-state index in [1.165, 1.54) is 0 Å². The van der Waals surface area contributed by atoms with Gasteiger partial charge in [-0.1, -0.05) is 39.5 Å². The van der Waals surface area contributed by atoms with Crippen molar-refractivity contribution >= 4 is 17.0 Å². The molecule has 0 radical (unpaired) electrons. The molecule has 0 aliphatic rings. The minimum absolute atomic E-state index is 0.0129. The number of allylic oxidation sites excluding steroid dienone is 1. The Morgan fingerprint density at radius 1 is 1.29 bits per heavy atom. The number of rotatable bonds is 3. The monoisotopic (exact) mass is 230 g/mol. The summed E-state index contributed by atoms with van der Waals surface area (Å²) in [7, 11) is 0. The molecule has 0 spiro atoms. The van der Waals surface area contributed by atoms with Crippen LogP contribution in [-0.4, -0.2) is 9.97 Å². The number of fused-ring (bicyclic) bond motifs is 1. The SMILES string of the molecule is C=C(NNc1nc2ccccc2[nH]1)C(C)(C)C. The zero-order valence-electron chi connectivity index (χ0n) is 10.5. The fraction of sp³-hybridized carbons (Fsp3) is 0.308. The molecule has 4 nitrogen and oxygen atoms in total. The molecule has 0 saturated carbocycles. The van der Waals surface area contributed by atoms with Crippen LogP contribution < -0.4 is 10.9 Å². The highest BCUT2D eigenvalue weighted by atomic mass is 15.4. The average molecular weight is 230 g/mol. The van der Waals surface area contributed by atoms with Crippen molar-refractivity contribution in [2.45, 2.75) is 20.8 Å². The van der Waals surface area contributed by atoms with Crippen LogP contribution in [0.5, 0.6) is 0 Å². The molecule has 0 bridgehead atoms. The van der Waals surface area contributed by atoms with Gasteiger partial charge in [0.25, 0.3) is 0 Å². The highest BCUT2D eigenvalue weighted by Crippen LogP contribution is 2.21. The van der Waals surface area contributed by atoms with Gasteiger partial charge in [0, 0.05) is 11.1 Å². The number of para-hydroxylation sites is 2. The number of nitrogens with one attached hydrogen (secondary N) is 3. The maximum Gasteiger partial charge on any atom is 0.220 e. The van der Waals surface area contributed by atoms with E-state index in [0.717, 1.165) is 16.7 Å². The van der Waals surface area contributed by atoms with Gasteiger partial charge in [-0.05, 0) is 12.1 Å². The number of H-pyrrole nitrogens is 1. The van der Waals surface area contributed by atoms with Crippen molar-refractivity contribution in [1.29, 1.82) is 0 Å². The highest BCUT2D eigenvalue weighted by Gasteiger charge is 2.14. The lowest BCUT2D eigenvalue weighted by Crippen LogP contribution is -2.28. The summed E-state index contributed by atoms with van der Waals surface area (Å²) in [5.74, 6) is 0.691. The van der Waals surface area contributed by atoms with Crippen molar-refractivity contribution in [2.75, 3.05) is 5.43 Å². The first-order chi connectivity index (χ1) is 7.97. The Hall–Kier alpha value is -1.97. The third kappa shape index (κ3) is 2.58. The summed E-state index contributed by atoms with van der Waals surface area (Å²) in [6.07, 6.45) is 0. The van der Waals surface area contributed by atoms with Crippen molar-refractivity contribution in [3.63, 3.8) is 0 Å². The molecule has 0 fully saturated rings. The highest BCUT2D eigenvalue weighted by molar-refractivity contribution is 5.77. The normalized spacial score (nSPS) is 11.5. The number of nitrogens with zero attached hydrogens (tertiary/aromatic N) is 1. The molecule has 2 aromatic rings. The molecule has 2 rings (SSSR count). The molecule has 0 amide bonds. The summed E-state index contributed by atoms with van der Waals surface area (Å²) in [5.41, 5.74) is 8.97. The van der Waals surface area contributed by atoms with Crippen molar-refractivity contribution in [3.8, 4) is 0 Å². The van der Waals surface area contributed by atoms with Gasteiger partial charge in [0.1, 0.15) is 0 Å². The molecule has 17 heavy (non-hydrogen) atoms. The lowest BCUT2D eigenvalue weighted by molar-refractivity contribution is 0.474. The Bertz CT molecular complexity index is 501. The fourth-order valence-electron chi connectivity index (χ4n) is 1.33. The van der Waals surface area contributed by atoms with Crippen LogP contribution in [0.1, 0.15) is 20.8 Å². The second-order valence-corrected chi connectivity index (χ2v) is 5.08. The number of anilines is 1. The smallest absolute Gasteiger partial charge is 0.220 e. The molecular weight excluding hydrogens is 212 g/mol. The minimum atomic E-state index is 0.0129. The number of benzene rings is 1. The van der Waals surface area contributed by atoms with E-state index in [2.05, 4.69) is 48.2 Å². The summed E-state index contributed by atoms with van der Waals surface area (Å²) < 4.78 is 0. The van der Waals surface area contributed by atoms with Crippen molar-refractivity contribution in [1.82, 2.24) is 15.4 Å². The van der Waals surface area contributed by atoms with Crippen LogP contribution >= 0.6 is 0 Å². The third-order valence-corrected chi connectivity index (χ3v) is 2.63. The Morgan fingerprint density at radius 3 is 2.65 bits per heavy atom. The number of imidazole rings is 1. The van der Waals surface area contributed by atoms with Gasteiger partial charge in [0.15, 0.2) is 0 Å². The van der Waals surface area contributed by atoms with E-state index >= 15 is 0 Å². The molecule has 1 aromatic heterocycles. The first-order valence-electron chi connectivity index (χ1n) is 5.63. The lowest BCUT2D eigenvalue weighted by atomic mass is 9.93. The fourth-order valence-corrected chi connectivity index (χ4v) is 1.33. The van der Waals surface area contributed by atoms with Crippen LogP contribution in [0.3, 0.4) is 0 Å². The van der Waals surface area contributed by atoms with E-state index < -0.39 is 0 Å². The van der Waals surface area contributed by atoms with E-state index in [1.54, 1.807) is 0 Å². The topological polar surface area (TPSA) is 52.7 Å². The van der Waals surface area contributed by atoms with Crippen LogP contribution in [0.25, 0.3) is 11.0 Å². The molecule has 0 atom stereocenters. The summed E-state index contributed by atoms with van der Waals surface area (Å²) >= 11 is 0. The van der Waals surface area contributed by atoms with Crippen molar-refractivity contribution < 1.29 is 0 Å². The van der Waals surface area contributed by atoms with Crippen molar-refractivity contribution in [2.24, 2.45) is 5.41 Å². The number of hydrazine groups is 1. The minimum Gasteiger partial charge on any atom is -0.323 e. The predicted molar refractivity (Wildman–Crippen MR) is 71.4 cm³/mol. The van der Waals surface area contributed by atoms with Gasteiger partial charge < -0.3 is 10.4 Å². The molecular formula is C13H18N4. The zero-order chi connectivity index (χ0) is 12.5. The Labute approximate surface area is 101 Å². The van der Waals surface area contributed by atoms with E-state index in [0.29, 0.717) is 5.95 Å². The molecule has 0 unspecified atom stereocenters. The van der Waals surface area contributed by atoms with Gasteiger partial charge in [0.05, 0.1) is 11.0 Å². The molecule has 1 aromatic carbocycles. The molecule has 0 aliphatic heterocycles. The molecule has 1 heterocycles. The maximum atomic E-state index is 4.40. The van der Waals surface area contributed by atoms with Crippen LogP contribution in [0.15, 0.2) is 36.5 Å². The van der Waals surface area contributed by atoms with Gasteiger partial charge in [-0.2, -0.15) is 0 Å². The van der Waals surface area contributed by atoms with Crippen molar-refractivity contribution in [3.05, 3.63) is 36.5 Å². The quantitative estimate of drug-likeness (QED) is 0.710. The van der Waals surface area contributed by atoms with Gasteiger partial charge in [-0.15, -0.1) is 0 Å². The van der Waals surface area contributed by atoms with E-state index in [-0.39, 0.29) is 5.41 Å². The second kappa shape index (κ2) is 4.13. The van der Waals surface area contributed by atoms with Gasteiger partial charge in [-0.25, -0.2) is 4.98 Å². The molecule has 0 saturated heterocycles. The molecule has 0 aliphatic carbocycles. The summed E-state index contributed by atoms with van der Waals surface area (Å²) in [4.78, 5) is 7.57. The van der Waals surface area contributed by atoms with Crippen LogP contribution in [0.4, 0.5) is 5.95 Å². The first-order valence-corrected chi connectivity index (χ1v) is 5.63. The van der Waals surface area contributed by atoms with E-state index in [1.807, 2.05) is 24.3 Å². The zero-order valence-corrected chi connectivity index (χ0v) is 10.5. The predicted octanol–water partition coefficient (Wildman–Crippen LogP) is 3.04. The largest absolute Gasteiger partial charge is 0.323 e. The Morgan fingerprint density at radius 2 is 2.00 bits per heavy atom. The Kier molecular flexibility index (Phi) is 2.79. The standard InChI is InChI=1S/C13H18N4/c1-9(13(2,3)4)16-17-12-14-10-7-5-6-8-11(10)15-12/h5-8,16H,1H2,2-4H3,(H2,14,15,17). The van der Waals surface area contributed by atoms with Gasteiger partial charge >= 0.3 is 0 Å². The Balaban J connectivity index is 2.07. The second-order valence-electron chi connectivity index (χ2n) is 5.08.